The van der Waals surface area contributed by atoms with Gasteiger partial charge in [0.1, 0.15) is 0 Å². The molecule has 0 aromatic carbocycles. The van der Waals surface area contributed by atoms with Crippen LogP contribution in [0.5, 0.6) is 0 Å². The molecule has 2 bridgehead atoms. The number of hydrogen-bond donors (Lipinski definition) is 1. The number of allylic oxidation sites excluding steroid dienone is 2. The van der Waals surface area contributed by atoms with Crippen molar-refractivity contribution in [3.05, 3.63) is 11.6 Å². The summed E-state index contributed by atoms with van der Waals surface area (Å²) in [6.45, 7) is 6.42. The van der Waals surface area contributed by atoms with Crippen LogP contribution >= 0.6 is 0 Å². The molecule has 1 N–H and O–H groups in total. The Morgan fingerprint density at radius 3 is 2.50 bits per heavy atom. The van der Waals surface area contributed by atoms with E-state index in [1.807, 2.05) is 0 Å². The van der Waals surface area contributed by atoms with Gasteiger partial charge in [-0.25, -0.2) is 0 Å². The van der Waals surface area contributed by atoms with E-state index in [4.69, 9.17) is 0 Å². The summed E-state index contributed by atoms with van der Waals surface area (Å²) >= 11 is 0. The van der Waals surface area contributed by atoms with Crippen LogP contribution in [-0.4, -0.2) is 11.2 Å². The van der Waals surface area contributed by atoms with Crippen LogP contribution in [0.2, 0.25) is 0 Å². The smallest absolute Gasteiger partial charge is 0.0594 e. The van der Waals surface area contributed by atoms with Crippen molar-refractivity contribution >= 4 is 0 Å². The average Bonchev–Trinajstić information content (AvgIpc) is 2.74. The molecule has 14 heavy (non-hydrogen) atoms. The second-order valence-corrected chi connectivity index (χ2v) is 5.39. The number of aliphatic hydroxyl groups excluding tert-OH is 1. The molecule has 0 amide bonds. The summed E-state index contributed by atoms with van der Waals surface area (Å²) in [5.74, 6) is 2.60. The molecule has 0 radical (unpaired) electrons. The Morgan fingerprint density at radius 1 is 1.36 bits per heavy atom. The van der Waals surface area contributed by atoms with Gasteiger partial charge >= 0.3 is 0 Å². The van der Waals surface area contributed by atoms with E-state index < -0.39 is 0 Å². The van der Waals surface area contributed by atoms with E-state index in [1.54, 1.807) is 5.57 Å². The van der Waals surface area contributed by atoms with Gasteiger partial charge < -0.3 is 5.11 Å². The Hall–Kier alpha value is -0.300. The molecule has 0 heterocycles. The molecule has 2 aliphatic rings. The number of aliphatic hydroxyl groups is 1. The first-order valence-electron chi connectivity index (χ1n) is 5.96. The van der Waals surface area contributed by atoms with Crippen molar-refractivity contribution in [1.29, 1.82) is 0 Å². The summed E-state index contributed by atoms with van der Waals surface area (Å²) in [5.41, 5.74) is 1.65. The predicted molar refractivity (Wildman–Crippen MR) is 58.9 cm³/mol. The van der Waals surface area contributed by atoms with Crippen molar-refractivity contribution in [2.45, 2.75) is 46.1 Å². The third-order valence-corrected chi connectivity index (χ3v) is 4.26. The van der Waals surface area contributed by atoms with Crippen molar-refractivity contribution in [2.24, 2.45) is 23.7 Å². The Balaban J connectivity index is 2.03. The Morgan fingerprint density at radius 2 is 2.07 bits per heavy atom. The second-order valence-electron chi connectivity index (χ2n) is 5.39. The molecule has 2 saturated carbocycles. The highest BCUT2D eigenvalue weighted by molar-refractivity contribution is 5.18. The molecule has 1 nitrogen and oxygen atoms in total. The molecule has 0 spiro atoms. The van der Waals surface area contributed by atoms with Gasteiger partial charge in [-0.3, -0.25) is 0 Å². The molecule has 0 saturated heterocycles. The van der Waals surface area contributed by atoms with E-state index in [0.717, 1.165) is 11.8 Å². The van der Waals surface area contributed by atoms with Gasteiger partial charge in [0.05, 0.1) is 6.10 Å². The standard InChI is InChI=1S/C13H22O/c1-4-9-5-11-6-10(9)7-12(11)13(14)8(2)3/h4,8,10-14H,5-7H2,1-3H3. The van der Waals surface area contributed by atoms with Gasteiger partial charge in [0, 0.05) is 0 Å². The topological polar surface area (TPSA) is 20.2 Å². The van der Waals surface area contributed by atoms with Gasteiger partial charge in [0.25, 0.3) is 0 Å². The highest BCUT2D eigenvalue weighted by Gasteiger charge is 2.45. The van der Waals surface area contributed by atoms with Crippen LogP contribution in [0.1, 0.15) is 40.0 Å². The molecule has 4 unspecified atom stereocenters. The Bertz CT molecular complexity index is 242. The van der Waals surface area contributed by atoms with Gasteiger partial charge in [0.15, 0.2) is 0 Å². The first-order chi connectivity index (χ1) is 6.63. The summed E-state index contributed by atoms with van der Waals surface area (Å²) in [5, 5.41) is 10.1. The maximum Gasteiger partial charge on any atom is 0.0594 e. The lowest BCUT2D eigenvalue weighted by molar-refractivity contribution is 0.0422. The molecule has 0 aromatic heterocycles. The first kappa shape index (κ1) is 10.2. The van der Waals surface area contributed by atoms with Crippen molar-refractivity contribution in [3.63, 3.8) is 0 Å². The molecule has 80 valence electrons. The molecule has 2 aliphatic carbocycles. The minimum Gasteiger partial charge on any atom is -0.393 e. The van der Waals surface area contributed by atoms with Crippen molar-refractivity contribution < 1.29 is 5.11 Å². The zero-order chi connectivity index (χ0) is 10.3. The third kappa shape index (κ3) is 1.52. The highest BCUT2D eigenvalue weighted by Crippen LogP contribution is 2.53. The van der Waals surface area contributed by atoms with Gasteiger partial charge in [-0.1, -0.05) is 25.5 Å². The normalized spacial score (nSPS) is 41.2. The zero-order valence-corrected chi connectivity index (χ0v) is 9.53. The van der Waals surface area contributed by atoms with E-state index >= 15 is 0 Å². The maximum atomic E-state index is 10.1. The van der Waals surface area contributed by atoms with Crippen LogP contribution in [0.15, 0.2) is 11.6 Å². The number of fused-ring (bicyclic) bond motifs is 2. The van der Waals surface area contributed by atoms with Crippen LogP contribution in [0.4, 0.5) is 0 Å². The van der Waals surface area contributed by atoms with Crippen LogP contribution in [0, 0.1) is 23.7 Å². The first-order valence-corrected chi connectivity index (χ1v) is 5.96. The van der Waals surface area contributed by atoms with E-state index in [1.165, 1.54) is 19.3 Å². The Kier molecular flexibility index (Phi) is 2.70. The summed E-state index contributed by atoms with van der Waals surface area (Å²) in [7, 11) is 0. The zero-order valence-electron chi connectivity index (χ0n) is 9.53. The highest BCUT2D eigenvalue weighted by atomic mass is 16.3. The van der Waals surface area contributed by atoms with Crippen LogP contribution in [0.25, 0.3) is 0 Å². The molecule has 0 aliphatic heterocycles. The molecule has 4 atom stereocenters. The fourth-order valence-electron chi connectivity index (χ4n) is 3.43. The van der Waals surface area contributed by atoms with E-state index in [9.17, 15) is 5.11 Å². The Labute approximate surface area is 87.2 Å². The lowest BCUT2D eigenvalue weighted by atomic mass is 9.79. The lowest BCUT2D eigenvalue weighted by Gasteiger charge is -2.30. The minimum absolute atomic E-state index is 0.0663. The van der Waals surface area contributed by atoms with E-state index in [2.05, 4.69) is 26.8 Å². The molecule has 0 aromatic rings. The minimum atomic E-state index is -0.0663. The SMILES string of the molecule is CC=C1CC2CC1CC2C(O)C(C)C. The van der Waals surface area contributed by atoms with Crippen molar-refractivity contribution in [2.75, 3.05) is 0 Å². The second kappa shape index (κ2) is 3.69. The summed E-state index contributed by atoms with van der Waals surface area (Å²) < 4.78 is 0. The summed E-state index contributed by atoms with van der Waals surface area (Å²) in [4.78, 5) is 0. The molecule has 2 rings (SSSR count). The van der Waals surface area contributed by atoms with Crippen molar-refractivity contribution in [3.8, 4) is 0 Å². The van der Waals surface area contributed by atoms with E-state index in [-0.39, 0.29) is 6.10 Å². The van der Waals surface area contributed by atoms with Crippen LogP contribution < -0.4 is 0 Å². The van der Waals surface area contributed by atoms with Crippen LogP contribution in [0.3, 0.4) is 0 Å². The quantitative estimate of drug-likeness (QED) is 0.670. The molecular weight excluding hydrogens is 172 g/mol. The largest absolute Gasteiger partial charge is 0.393 e. The van der Waals surface area contributed by atoms with Gasteiger partial charge in [-0.15, -0.1) is 0 Å². The van der Waals surface area contributed by atoms with Gasteiger partial charge in [0.2, 0.25) is 0 Å². The predicted octanol–water partition coefficient (Wildman–Crippen LogP) is 3.00. The average molecular weight is 194 g/mol. The van der Waals surface area contributed by atoms with Gasteiger partial charge in [-0.2, -0.15) is 0 Å². The lowest BCUT2D eigenvalue weighted by Crippen LogP contribution is -2.30. The number of hydrogen-bond acceptors (Lipinski definition) is 1. The monoisotopic (exact) mass is 194 g/mol. The van der Waals surface area contributed by atoms with E-state index in [0.29, 0.717) is 11.8 Å². The molecular formula is C13H22O. The number of rotatable bonds is 2. The summed E-state index contributed by atoms with van der Waals surface area (Å²) in [6.07, 6.45) is 6.07. The molecule has 1 heteroatoms. The third-order valence-electron chi connectivity index (χ3n) is 4.26. The summed E-state index contributed by atoms with van der Waals surface area (Å²) in [6, 6.07) is 0. The fourth-order valence-corrected chi connectivity index (χ4v) is 3.43. The maximum absolute atomic E-state index is 10.1. The van der Waals surface area contributed by atoms with Crippen LogP contribution in [-0.2, 0) is 0 Å². The molecule has 2 fully saturated rings. The fraction of sp³-hybridized carbons (Fsp3) is 0.846. The van der Waals surface area contributed by atoms with Crippen molar-refractivity contribution in [1.82, 2.24) is 0 Å². The van der Waals surface area contributed by atoms with Gasteiger partial charge in [-0.05, 0) is 49.9 Å².